The molecule has 1 aromatic heterocycles. The highest BCUT2D eigenvalue weighted by molar-refractivity contribution is 7.99. The van der Waals surface area contributed by atoms with E-state index in [1.165, 1.54) is 27.4 Å². The number of hydrogen-bond donors (Lipinski definition) is 1. The molecule has 3 rings (SSSR count). The molecule has 134 valence electrons. The lowest BCUT2D eigenvalue weighted by Gasteiger charge is -2.30. The fourth-order valence-corrected chi connectivity index (χ4v) is 5.95. The van der Waals surface area contributed by atoms with Crippen LogP contribution in [0.1, 0.15) is 12.8 Å². The molecule has 0 aliphatic carbocycles. The summed E-state index contributed by atoms with van der Waals surface area (Å²) in [5.74, 6) is -0.275. The lowest BCUT2D eigenvalue weighted by Crippen LogP contribution is -2.41. The number of thiazole rings is 1. The second kappa shape index (κ2) is 7.86. The number of nitrogens with zero attached hydrogens (tertiary/aromatic N) is 2. The number of carbonyl (C=O) groups excluding carboxylic acids is 1. The molecule has 0 spiro atoms. The fraction of sp³-hybridized carbons (Fsp3) is 0.375. The van der Waals surface area contributed by atoms with Crippen molar-refractivity contribution in [3.63, 3.8) is 0 Å². The van der Waals surface area contributed by atoms with Crippen molar-refractivity contribution < 1.29 is 13.2 Å². The van der Waals surface area contributed by atoms with Crippen LogP contribution >= 0.6 is 23.1 Å². The van der Waals surface area contributed by atoms with E-state index in [-0.39, 0.29) is 11.8 Å². The number of nitrogens with one attached hydrogen (secondary N) is 1. The zero-order valence-corrected chi connectivity index (χ0v) is 16.2. The first-order valence-corrected chi connectivity index (χ1v) is 11.4. The van der Waals surface area contributed by atoms with Crippen LogP contribution in [0.2, 0.25) is 0 Å². The van der Waals surface area contributed by atoms with E-state index >= 15 is 0 Å². The van der Waals surface area contributed by atoms with Gasteiger partial charge in [0.1, 0.15) is 0 Å². The van der Waals surface area contributed by atoms with Crippen LogP contribution in [0.4, 0.5) is 5.13 Å². The van der Waals surface area contributed by atoms with Gasteiger partial charge in [0.2, 0.25) is 15.9 Å². The number of sulfonamides is 1. The average molecular weight is 398 g/mol. The summed E-state index contributed by atoms with van der Waals surface area (Å²) in [5, 5.41) is 5.17. The lowest BCUT2D eigenvalue weighted by atomic mass is 9.97. The van der Waals surface area contributed by atoms with Crippen molar-refractivity contribution in [2.75, 3.05) is 24.7 Å². The number of piperidine rings is 1. The van der Waals surface area contributed by atoms with Gasteiger partial charge < -0.3 is 5.32 Å². The normalized spacial score (nSPS) is 16.7. The van der Waals surface area contributed by atoms with E-state index in [9.17, 15) is 13.2 Å². The van der Waals surface area contributed by atoms with Crippen molar-refractivity contribution in [1.29, 1.82) is 0 Å². The SMILES string of the molecule is CSc1ccccc1S(=O)(=O)N1CCC(C(=O)Nc2nccs2)CC1. The molecular weight excluding hydrogens is 378 g/mol. The van der Waals surface area contributed by atoms with Gasteiger partial charge in [-0.2, -0.15) is 4.31 Å². The third-order valence-corrected chi connectivity index (χ3v) is 7.74. The number of carbonyl (C=O) groups is 1. The molecule has 9 heteroatoms. The van der Waals surface area contributed by atoms with Crippen molar-refractivity contribution in [1.82, 2.24) is 9.29 Å². The highest BCUT2D eigenvalue weighted by Crippen LogP contribution is 2.30. The van der Waals surface area contributed by atoms with E-state index in [4.69, 9.17) is 0 Å². The fourth-order valence-electron chi connectivity index (χ4n) is 2.82. The Hall–Kier alpha value is -1.42. The maximum absolute atomic E-state index is 12.9. The summed E-state index contributed by atoms with van der Waals surface area (Å²) in [5.41, 5.74) is 0. The van der Waals surface area contributed by atoms with Crippen molar-refractivity contribution in [3.05, 3.63) is 35.8 Å². The second-order valence-electron chi connectivity index (χ2n) is 5.66. The molecule has 2 heterocycles. The Morgan fingerprint density at radius 3 is 2.68 bits per heavy atom. The smallest absolute Gasteiger partial charge is 0.244 e. The Balaban J connectivity index is 1.66. The van der Waals surface area contributed by atoms with E-state index in [1.807, 2.05) is 18.4 Å². The van der Waals surface area contributed by atoms with Crippen molar-refractivity contribution >= 4 is 44.2 Å². The highest BCUT2D eigenvalue weighted by Gasteiger charge is 2.33. The van der Waals surface area contributed by atoms with E-state index in [0.717, 1.165) is 4.90 Å². The molecular formula is C16H19N3O3S3. The maximum Gasteiger partial charge on any atom is 0.244 e. The highest BCUT2D eigenvalue weighted by atomic mass is 32.2. The molecule has 1 amide bonds. The van der Waals surface area contributed by atoms with Crippen LogP contribution in [0.3, 0.4) is 0 Å². The molecule has 0 unspecified atom stereocenters. The minimum atomic E-state index is -3.53. The minimum Gasteiger partial charge on any atom is -0.302 e. The Morgan fingerprint density at radius 2 is 2.04 bits per heavy atom. The largest absolute Gasteiger partial charge is 0.302 e. The summed E-state index contributed by atoms with van der Waals surface area (Å²) in [4.78, 5) is 17.4. The molecule has 1 aliphatic heterocycles. The number of aromatic nitrogens is 1. The quantitative estimate of drug-likeness (QED) is 0.785. The first-order chi connectivity index (χ1) is 12.0. The predicted molar refractivity (Wildman–Crippen MR) is 100 cm³/mol. The van der Waals surface area contributed by atoms with Gasteiger partial charge in [-0.25, -0.2) is 13.4 Å². The van der Waals surface area contributed by atoms with Crippen LogP contribution in [-0.2, 0) is 14.8 Å². The van der Waals surface area contributed by atoms with Gasteiger partial charge in [0.25, 0.3) is 0 Å². The van der Waals surface area contributed by atoms with Crippen molar-refractivity contribution in [2.45, 2.75) is 22.6 Å². The van der Waals surface area contributed by atoms with Crippen LogP contribution in [0.5, 0.6) is 0 Å². The predicted octanol–water partition coefficient (Wildman–Crippen LogP) is 2.90. The molecule has 1 fully saturated rings. The zero-order valence-electron chi connectivity index (χ0n) is 13.7. The summed E-state index contributed by atoms with van der Waals surface area (Å²) in [6, 6.07) is 7.02. The Labute approximate surface area is 155 Å². The molecule has 0 bridgehead atoms. The Morgan fingerprint density at radius 1 is 1.32 bits per heavy atom. The molecule has 0 saturated carbocycles. The summed E-state index contributed by atoms with van der Waals surface area (Å²) in [7, 11) is -3.53. The van der Waals surface area contributed by atoms with Crippen LogP contribution < -0.4 is 5.32 Å². The zero-order chi connectivity index (χ0) is 17.9. The first-order valence-electron chi connectivity index (χ1n) is 7.86. The molecule has 1 saturated heterocycles. The molecule has 0 radical (unpaired) electrons. The third-order valence-electron chi connectivity index (χ3n) is 4.17. The average Bonchev–Trinajstić information content (AvgIpc) is 3.14. The third kappa shape index (κ3) is 4.05. The van der Waals surface area contributed by atoms with Crippen molar-refractivity contribution in [2.24, 2.45) is 5.92 Å². The minimum absolute atomic E-state index is 0.0866. The summed E-state index contributed by atoms with van der Waals surface area (Å²) in [6.45, 7) is 0.696. The van der Waals surface area contributed by atoms with Gasteiger partial charge in [0.05, 0.1) is 4.90 Å². The number of rotatable bonds is 5. The van der Waals surface area contributed by atoms with Gasteiger partial charge in [0, 0.05) is 35.5 Å². The van der Waals surface area contributed by atoms with Crippen LogP contribution in [-0.4, -0.2) is 43.0 Å². The number of anilines is 1. The number of amides is 1. The Bertz CT molecular complexity index is 829. The van der Waals surface area contributed by atoms with Crippen LogP contribution in [0, 0.1) is 5.92 Å². The van der Waals surface area contributed by atoms with Crippen LogP contribution in [0.25, 0.3) is 0 Å². The van der Waals surface area contributed by atoms with E-state index in [0.29, 0.717) is 36.0 Å². The van der Waals surface area contributed by atoms with Gasteiger partial charge >= 0.3 is 0 Å². The maximum atomic E-state index is 12.9. The molecule has 2 aromatic rings. The second-order valence-corrected chi connectivity index (χ2v) is 9.30. The number of benzene rings is 1. The molecule has 6 nitrogen and oxygen atoms in total. The summed E-state index contributed by atoms with van der Waals surface area (Å²) < 4.78 is 27.3. The van der Waals surface area contributed by atoms with Gasteiger partial charge in [-0.15, -0.1) is 23.1 Å². The molecule has 1 aromatic carbocycles. The standard InChI is InChI=1S/C16H19N3O3S3/c1-23-13-4-2-3-5-14(13)25(21,22)19-9-6-12(7-10-19)15(20)18-16-17-8-11-24-16/h2-5,8,11-12H,6-7,9-10H2,1H3,(H,17,18,20). The molecule has 0 atom stereocenters. The van der Waals surface area contributed by atoms with Gasteiger partial charge in [0.15, 0.2) is 5.13 Å². The van der Waals surface area contributed by atoms with E-state index in [1.54, 1.807) is 23.7 Å². The number of thioether (sulfide) groups is 1. The van der Waals surface area contributed by atoms with Crippen LogP contribution in [0.15, 0.2) is 45.6 Å². The van der Waals surface area contributed by atoms with E-state index in [2.05, 4.69) is 10.3 Å². The first kappa shape index (κ1) is 18.4. The van der Waals surface area contributed by atoms with Gasteiger partial charge in [-0.1, -0.05) is 12.1 Å². The lowest BCUT2D eigenvalue weighted by molar-refractivity contribution is -0.120. The topological polar surface area (TPSA) is 79.4 Å². The monoisotopic (exact) mass is 397 g/mol. The van der Waals surface area contributed by atoms with Crippen molar-refractivity contribution in [3.8, 4) is 0 Å². The summed E-state index contributed by atoms with van der Waals surface area (Å²) in [6.07, 6.45) is 4.53. The van der Waals surface area contributed by atoms with Gasteiger partial charge in [-0.05, 0) is 31.2 Å². The molecule has 1 N–H and O–H groups in total. The van der Waals surface area contributed by atoms with Gasteiger partial charge in [-0.3, -0.25) is 4.79 Å². The molecule has 1 aliphatic rings. The molecule has 25 heavy (non-hydrogen) atoms. The Kier molecular flexibility index (Phi) is 5.78. The summed E-state index contributed by atoms with van der Waals surface area (Å²) >= 11 is 2.79. The van der Waals surface area contributed by atoms with E-state index < -0.39 is 10.0 Å². The number of hydrogen-bond acceptors (Lipinski definition) is 6.